The Hall–Kier alpha value is -0.600. The highest BCUT2D eigenvalue weighted by molar-refractivity contribution is 5.25. The van der Waals surface area contributed by atoms with Crippen LogP contribution in [0.2, 0.25) is 0 Å². The Morgan fingerprint density at radius 2 is 1.94 bits per heavy atom. The largest absolute Gasteiger partial charge is 0.380 e. The Balaban J connectivity index is 1.82. The highest BCUT2D eigenvalue weighted by Gasteiger charge is 2.27. The predicted octanol–water partition coefficient (Wildman–Crippen LogP) is 2.67. The van der Waals surface area contributed by atoms with Crippen LogP contribution in [0.4, 0.5) is 0 Å². The summed E-state index contributed by atoms with van der Waals surface area (Å²) in [6, 6.07) is 0.737. The molecule has 2 aliphatic carbocycles. The van der Waals surface area contributed by atoms with Crippen molar-refractivity contribution < 1.29 is 4.74 Å². The van der Waals surface area contributed by atoms with E-state index in [0.717, 1.165) is 25.8 Å². The third-order valence-electron chi connectivity index (χ3n) is 3.62. The van der Waals surface area contributed by atoms with E-state index in [1.54, 1.807) is 0 Å². The minimum atomic E-state index is 0.110. The van der Waals surface area contributed by atoms with Gasteiger partial charge < -0.3 is 10.1 Å². The molecule has 0 aromatic rings. The van der Waals surface area contributed by atoms with Gasteiger partial charge in [0, 0.05) is 24.6 Å². The van der Waals surface area contributed by atoms with Crippen LogP contribution in [-0.4, -0.2) is 25.8 Å². The van der Waals surface area contributed by atoms with Crippen molar-refractivity contribution in [2.75, 3.05) is 19.8 Å². The van der Waals surface area contributed by atoms with Crippen molar-refractivity contribution in [1.82, 2.24) is 5.32 Å². The van der Waals surface area contributed by atoms with Crippen LogP contribution in [0.15, 0.2) is 24.3 Å². The molecule has 0 radical (unpaired) electrons. The molecule has 2 rings (SSSR count). The first kappa shape index (κ1) is 11.9. The highest BCUT2D eigenvalue weighted by atomic mass is 16.5. The molecule has 1 fully saturated rings. The van der Waals surface area contributed by atoms with Gasteiger partial charge in [-0.15, -0.1) is 0 Å². The number of ether oxygens (including phenoxy) is 1. The van der Waals surface area contributed by atoms with Gasteiger partial charge in [0.25, 0.3) is 0 Å². The van der Waals surface area contributed by atoms with Crippen LogP contribution in [0.25, 0.3) is 0 Å². The molecule has 0 atom stereocenters. The summed E-state index contributed by atoms with van der Waals surface area (Å²) in [7, 11) is 0. The Morgan fingerprint density at radius 1 is 1.25 bits per heavy atom. The summed E-state index contributed by atoms with van der Waals surface area (Å²) in [5, 5.41) is 3.69. The van der Waals surface area contributed by atoms with Crippen LogP contribution in [0.5, 0.6) is 0 Å². The Bertz CT molecular complexity index is 252. The SMILES string of the molecule is CCOCC1(CNC2CCCC2)C=CC=C1. The average Bonchev–Trinajstić information content (AvgIpc) is 2.96. The van der Waals surface area contributed by atoms with Gasteiger partial charge in [-0.05, 0) is 19.8 Å². The van der Waals surface area contributed by atoms with E-state index in [0.29, 0.717) is 0 Å². The van der Waals surface area contributed by atoms with E-state index >= 15 is 0 Å². The minimum absolute atomic E-state index is 0.110. The zero-order valence-corrected chi connectivity index (χ0v) is 10.2. The van der Waals surface area contributed by atoms with Crippen LogP contribution < -0.4 is 5.32 Å². The molecule has 1 saturated carbocycles. The van der Waals surface area contributed by atoms with Gasteiger partial charge in [0.2, 0.25) is 0 Å². The maximum absolute atomic E-state index is 5.59. The topological polar surface area (TPSA) is 21.3 Å². The summed E-state index contributed by atoms with van der Waals surface area (Å²) in [4.78, 5) is 0. The zero-order valence-electron chi connectivity index (χ0n) is 10.2. The number of hydrogen-bond donors (Lipinski definition) is 1. The first-order valence-corrected chi connectivity index (χ1v) is 6.53. The molecule has 0 aromatic carbocycles. The maximum Gasteiger partial charge on any atom is 0.0604 e. The highest BCUT2D eigenvalue weighted by Crippen LogP contribution is 2.27. The molecular formula is C14H23NO. The summed E-state index contributed by atoms with van der Waals surface area (Å²) in [6.07, 6.45) is 14.3. The fraction of sp³-hybridized carbons (Fsp3) is 0.714. The zero-order chi connectivity index (χ0) is 11.3. The first-order valence-electron chi connectivity index (χ1n) is 6.53. The van der Waals surface area contributed by atoms with Crippen molar-refractivity contribution in [2.24, 2.45) is 5.41 Å². The van der Waals surface area contributed by atoms with Crippen LogP contribution in [0.3, 0.4) is 0 Å². The Labute approximate surface area is 98.8 Å². The fourth-order valence-corrected chi connectivity index (χ4v) is 2.57. The van der Waals surface area contributed by atoms with Crippen LogP contribution in [-0.2, 0) is 4.74 Å². The lowest BCUT2D eigenvalue weighted by atomic mass is 9.90. The monoisotopic (exact) mass is 221 g/mol. The molecule has 2 heteroatoms. The molecule has 2 aliphatic rings. The van der Waals surface area contributed by atoms with Crippen molar-refractivity contribution in [3.8, 4) is 0 Å². The first-order chi connectivity index (χ1) is 7.85. The van der Waals surface area contributed by atoms with Crippen molar-refractivity contribution >= 4 is 0 Å². The van der Waals surface area contributed by atoms with E-state index in [9.17, 15) is 0 Å². The molecule has 0 saturated heterocycles. The van der Waals surface area contributed by atoms with Crippen LogP contribution in [0, 0.1) is 5.41 Å². The number of allylic oxidation sites excluding steroid dienone is 2. The van der Waals surface area contributed by atoms with Crippen LogP contribution >= 0.6 is 0 Å². The minimum Gasteiger partial charge on any atom is -0.380 e. The normalized spacial score (nSPS) is 23.3. The van der Waals surface area contributed by atoms with Gasteiger partial charge in [-0.3, -0.25) is 0 Å². The van der Waals surface area contributed by atoms with E-state index < -0.39 is 0 Å². The lowest BCUT2D eigenvalue weighted by Crippen LogP contribution is -2.38. The van der Waals surface area contributed by atoms with Gasteiger partial charge in [-0.25, -0.2) is 0 Å². The number of nitrogens with one attached hydrogen (secondary N) is 1. The van der Waals surface area contributed by atoms with Gasteiger partial charge in [-0.1, -0.05) is 37.1 Å². The molecule has 1 N–H and O–H groups in total. The van der Waals surface area contributed by atoms with Crippen molar-refractivity contribution in [2.45, 2.75) is 38.6 Å². The summed E-state index contributed by atoms with van der Waals surface area (Å²) in [6.45, 7) is 4.67. The fourth-order valence-electron chi connectivity index (χ4n) is 2.57. The van der Waals surface area contributed by atoms with E-state index in [-0.39, 0.29) is 5.41 Å². The second-order valence-corrected chi connectivity index (χ2v) is 4.95. The molecule has 0 aromatic heterocycles. The Kier molecular flexibility index (Phi) is 4.19. The third kappa shape index (κ3) is 2.96. The molecule has 90 valence electrons. The van der Waals surface area contributed by atoms with E-state index in [2.05, 4.69) is 36.5 Å². The van der Waals surface area contributed by atoms with Gasteiger partial charge >= 0.3 is 0 Å². The average molecular weight is 221 g/mol. The molecule has 16 heavy (non-hydrogen) atoms. The molecule has 0 unspecified atom stereocenters. The molecule has 2 nitrogen and oxygen atoms in total. The van der Waals surface area contributed by atoms with E-state index in [1.807, 2.05) is 0 Å². The second-order valence-electron chi connectivity index (χ2n) is 4.95. The van der Waals surface area contributed by atoms with Crippen molar-refractivity contribution in [3.05, 3.63) is 24.3 Å². The maximum atomic E-state index is 5.59. The lowest BCUT2D eigenvalue weighted by Gasteiger charge is -2.27. The van der Waals surface area contributed by atoms with Gasteiger partial charge in [0.1, 0.15) is 0 Å². The summed E-state index contributed by atoms with van der Waals surface area (Å²) in [5.41, 5.74) is 0.110. The van der Waals surface area contributed by atoms with Gasteiger partial charge in [0.05, 0.1) is 6.61 Å². The molecule has 0 amide bonds. The van der Waals surface area contributed by atoms with Crippen molar-refractivity contribution in [3.63, 3.8) is 0 Å². The predicted molar refractivity (Wildman–Crippen MR) is 67.5 cm³/mol. The number of hydrogen-bond acceptors (Lipinski definition) is 2. The third-order valence-corrected chi connectivity index (χ3v) is 3.62. The summed E-state index contributed by atoms with van der Waals surface area (Å²) in [5.74, 6) is 0. The smallest absolute Gasteiger partial charge is 0.0604 e. The molecule has 0 spiro atoms. The van der Waals surface area contributed by atoms with E-state index in [1.165, 1.54) is 25.7 Å². The van der Waals surface area contributed by atoms with E-state index in [4.69, 9.17) is 4.74 Å². The van der Waals surface area contributed by atoms with Gasteiger partial charge in [-0.2, -0.15) is 0 Å². The molecule has 0 heterocycles. The molecule has 0 aliphatic heterocycles. The standard InChI is InChI=1S/C14H23NO/c1-2-16-12-14(9-5-6-10-14)11-15-13-7-3-4-8-13/h5-6,9-10,13,15H,2-4,7-8,11-12H2,1H3. The lowest BCUT2D eigenvalue weighted by molar-refractivity contribution is 0.0968. The molecular weight excluding hydrogens is 198 g/mol. The summed E-state index contributed by atoms with van der Waals surface area (Å²) >= 11 is 0. The summed E-state index contributed by atoms with van der Waals surface area (Å²) < 4.78 is 5.59. The number of rotatable bonds is 6. The Morgan fingerprint density at radius 3 is 2.56 bits per heavy atom. The van der Waals surface area contributed by atoms with Crippen molar-refractivity contribution in [1.29, 1.82) is 0 Å². The van der Waals surface area contributed by atoms with Crippen LogP contribution in [0.1, 0.15) is 32.6 Å². The quantitative estimate of drug-likeness (QED) is 0.744. The van der Waals surface area contributed by atoms with Gasteiger partial charge in [0.15, 0.2) is 0 Å². The second kappa shape index (κ2) is 5.65. The molecule has 0 bridgehead atoms.